The first-order chi connectivity index (χ1) is 11.2. The number of hydrogen-bond acceptors (Lipinski definition) is 2. The molecule has 2 heterocycles. The van der Waals surface area contributed by atoms with E-state index in [1.165, 1.54) is 5.52 Å². The predicted octanol–water partition coefficient (Wildman–Crippen LogP) is 2.53. The van der Waals surface area contributed by atoms with E-state index in [0.717, 1.165) is 29.9 Å². The van der Waals surface area contributed by atoms with E-state index in [9.17, 15) is 4.79 Å². The average Bonchev–Trinajstić information content (AvgIpc) is 3.12. The lowest BCUT2D eigenvalue weighted by Crippen LogP contribution is -2.28. The number of imidazole rings is 1. The van der Waals surface area contributed by atoms with Crippen molar-refractivity contribution in [1.82, 2.24) is 19.4 Å². The van der Waals surface area contributed by atoms with Crippen LogP contribution in [0, 0.1) is 6.92 Å². The average molecular weight is 310 g/mol. The molecule has 5 heteroatoms. The number of rotatable bonds is 6. The molecular formula is C18H22N4O. The Hall–Kier alpha value is -2.56. The van der Waals surface area contributed by atoms with Gasteiger partial charge < -0.3 is 14.5 Å². The molecule has 1 N–H and O–H groups in total. The summed E-state index contributed by atoms with van der Waals surface area (Å²) in [5.74, 6) is 1.02. The van der Waals surface area contributed by atoms with Crippen molar-refractivity contribution in [3.63, 3.8) is 0 Å². The summed E-state index contributed by atoms with van der Waals surface area (Å²) in [6.45, 7) is 6.34. The van der Waals surface area contributed by atoms with Crippen molar-refractivity contribution in [2.24, 2.45) is 0 Å². The van der Waals surface area contributed by atoms with Crippen LogP contribution in [-0.4, -0.2) is 26.6 Å². The summed E-state index contributed by atoms with van der Waals surface area (Å²) in [4.78, 5) is 16.4. The highest BCUT2D eigenvalue weighted by molar-refractivity contribution is 5.89. The number of para-hydroxylation sites is 1. The highest BCUT2D eigenvalue weighted by Crippen LogP contribution is 2.21. The molecule has 0 fully saturated rings. The lowest BCUT2D eigenvalue weighted by Gasteiger charge is -2.07. The summed E-state index contributed by atoms with van der Waals surface area (Å²) in [7, 11) is 0. The van der Waals surface area contributed by atoms with E-state index in [2.05, 4.69) is 40.1 Å². The van der Waals surface area contributed by atoms with Gasteiger partial charge in [-0.25, -0.2) is 4.98 Å². The minimum atomic E-state index is 0.0572. The van der Waals surface area contributed by atoms with Crippen molar-refractivity contribution in [2.75, 3.05) is 6.54 Å². The number of aryl methyl sites for hydroxylation is 2. The summed E-state index contributed by atoms with van der Waals surface area (Å²) in [6.07, 6.45) is 6.20. The highest BCUT2D eigenvalue weighted by atomic mass is 16.1. The topological polar surface area (TPSA) is 51.9 Å². The maximum Gasteiger partial charge on any atom is 0.224 e. The van der Waals surface area contributed by atoms with Gasteiger partial charge in [-0.3, -0.25) is 4.79 Å². The molecular weight excluding hydrogens is 288 g/mol. The third kappa shape index (κ3) is 3.28. The van der Waals surface area contributed by atoms with Crippen molar-refractivity contribution in [2.45, 2.75) is 33.4 Å². The van der Waals surface area contributed by atoms with Crippen LogP contribution in [0.5, 0.6) is 0 Å². The van der Waals surface area contributed by atoms with Crippen molar-refractivity contribution < 1.29 is 4.79 Å². The number of aromatic nitrogens is 3. The van der Waals surface area contributed by atoms with Crippen LogP contribution in [0.4, 0.5) is 0 Å². The first-order valence-electron chi connectivity index (χ1n) is 8.00. The van der Waals surface area contributed by atoms with Crippen molar-refractivity contribution in [1.29, 1.82) is 0 Å². The summed E-state index contributed by atoms with van der Waals surface area (Å²) in [5.41, 5.74) is 2.27. The lowest BCUT2D eigenvalue weighted by atomic mass is 10.1. The fourth-order valence-electron chi connectivity index (χ4n) is 2.92. The summed E-state index contributed by atoms with van der Waals surface area (Å²) in [5, 5.41) is 4.15. The molecule has 0 atom stereocenters. The summed E-state index contributed by atoms with van der Waals surface area (Å²) in [6, 6.07) is 8.23. The first kappa shape index (κ1) is 15.3. The van der Waals surface area contributed by atoms with E-state index in [1.54, 1.807) is 6.20 Å². The zero-order valence-electron chi connectivity index (χ0n) is 13.6. The maximum atomic E-state index is 12.2. The smallest absolute Gasteiger partial charge is 0.224 e. The van der Waals surface area contributed by atoms with Gasteiger partial charge in [0.1, 0.15) is 5.82 Å². The molecule has 1 amide bonds. The van der Waals surface area contributed by atoms with Crippen molar-refractivity contribution in [3.05, 3.63) is 54.2 Å². The van der Waals surface area contributed by atoms with Crippen LogP contribution < -0.4 is 5.32 Å². The monoisotopic (exact) mass is 310 g/mol. The molecule has 23 heavy (non-hydrogen) atoms. The largest absolute Gasteiger partial charge is 0.354 e. The number of nitrogens with zero attached hydrogens (tertiary/aromatic N) is 3. The van der Waals surface area contributed by atoms with E-state index in [1.807, 2.05) is 29.8 Å². The Labute approximate surface area is 135 Å². The highest BCUT2D eigenvalue weighted by Gasteiger charge is 2.11. The van der Waals surface area contributed by atoms with Gasteiger partial charge in [0.2, 0.25) is 5.91 Å². The lowest BCUT2D eigenvalue weighted by molar-refractivity contribution is -0.120. The number of fused-ring (bicyclic) bond motifs is 1. The third-order valence-electron chi connectivity index (χ3n) is 4.16. The molecule has 3 aromatic rings. The zero-order valence-corrected chi connectivity index (χ0v) is 13.6. The second-order valence-electron chi connectivity index (χ2n) is 5.65. The number of amides is 1. The number of benzene rings is 1. The number of nitrogens with one attached hydrogen (secondary N) is 1. The van der Waals surface area contributed by atoms with Gasteiger partial charge in [0.15, 0.2) is 0 Å². The van der Waals surface area contributed by atoms with Gasteiger partial charge in [-0.1, -0.05) is 18.2 Å². The second kappa shape index (κ2) is 6.69. The molecule has 3 rings (SSSR count). The Morgan fingerprint density at radius 3 is 2.83 bits per heavy atom. The van der Waals surface area contributed by atoms with Gasteiger partial charge in [0, 0.05) is 49.1 Å². The Morgan fingerprint density at radius 2 is 2.09 bits per heavy atom. The molecule has 0 unspecified atom stereocenters. The minimum absolute atomic E-state index is 0.0572. The quantitative estimate of drug-likeness (QED) is 0.760. The standard InChI is InChI=1S/C18H22N4O/c1-3-21-13-15(16-6-4-5-7-17(16)21)12-18(23)20-9-11-22-10-8-19-14(22)2/h4-8,10,13H,3,9,11-12H2,1-2H3,(H,20,23). The van der Waals surface area contributed by atoms with Gasteiger partial charge in [0.25, 0.3) is 0 Å². The van der Waals surface area contributed by atoms with Gasteiger partial charge in [0.05, 0.1) is 6.42 Å². The third-order valence-corrected chi connectivity index (χ3v) is 4.16. The van der Waals surface area contributed by atoms with Crippen molar-refractivity contribution >= 4 is 16.8 Å². The van der Waals surface area contributed by atoms with E-state index >= 15 is 0 Å². The minimum Gasteiger partial charge on any atom is -0.354 e. The number of carbonyl (C=O) groups is 1. The van der Waals surface area contributed by atoms with Gasteiger partial charge in [-0.15, -0.1) is 0 Å². The van der Waals surface area contributed by atoms with Crippen LogP contribution in [0.1, 0.15) is 18.3 Å². The fraction of sp³-hybridized carbons (Fsp3) is 0.333. The van der Waals surface area contributed by atoms with E-state index in [-0.39, 0.29) is 5.91 Å². The molecule has 0 aliphatic heterocycles. The predicted molar refractivity (Wildman–Crippen MR) is 91.3 cm³/mol. The van der Waals surface area contributed by atoms with E-state index in [0.29, 0.717) is 13.0 Å². The molecule has 5 nitrogen and oxygen atoms in total. The molecule has 0 saturated carbocycles. The summed E-state index contributed by atoms with van der Waals surface area (Å²) < 4.78 is 4.22. The van der Waals surface area contributed by atoms with E-state index in [4.69, 9.17) is 0 Å². The molecule has 0 aliphatic carbocycles. The van der Waals surface area contributed by atoms with Gasteiger partial charge in [-0.2, -0.15) is 0 Å². The summed E-state index contributed by atoms with van der Waals surface area (Å²) >= 11 is 0. The molecule has 0 spiro atoms. The Balaban J connectivity index is 1.63. The zero-order chi connectivity index (χ0) is 16.2. The fourth-order valence-corrected chi connectivity index (χ4v) is 2.92. The van der Waals surface area contributed by atoms with Crippen LogP contribution in [-0.2, 0) is 24.3 Å². The molecule has 2 aromatic heterocycles. The maximum absolute atomic E-state index is 12.2. The Kier molecular flexibility index (Phi) is 4.46. The molecule has 0 bridgehead atoms. The van der Waals surface area contributed by atoms with Crippen LogP contribution in [0.2, 0.25) is 0 Å². The molecule has 120 valence electrons. The number of hydrogen-bond donors (Lipinski definition) is 1. The molecule has 0 aliphatic rings. The first-order valence-corrected chi connectivity index (χ1v) is 8.00. The van der Waals surface area contributed by atoms with Crippen LogP contribution in [0.3, 0.4) is 0 Å². The van der Waals surface area contributed by atoms with E-state index < -0.39 is 0 Å². The Bertz CT molecular complexity index is 815. The normalized spacial score (nSPS) is 11.0. The van der Waals surface area contributed by atoms with Crippen LogP contribution in [0.15, 0.2) is 42.9 Å². The van der Waals surface area contributed by atoms with Gasteiger partial charge >= 0.3 is 0 Å². The molecule has 0 saturated heterocycles. The molecule has 0 radical (unpaired) electrons. The van der Waals surface area contributed by atoms with Crippen LogP contribution in [0.25, 0.3) is 10.9 Å². The van der Waals surface area contributed by atoms with Gasteiger partial charge in [-0.05, 0) is 25.5 Å². The van der Waals surface area contributed by atoms with Crippen molar-refractivity contribution in [3.8, 4) is 0 Å². The second-order valence-corrected chi connectivity index (χ2v) is 5.65. The Morgan fingerprint density at radius 1 is 1.26 bits per heavy atom. The van der Waals surface area contributed by atoms with Crippen LogP contribution >= 0.6 is 0 Å². The number of carbonyl (C=O) groups excluding carboxylic acids is 1. The molecule has 1 aromatic carbocycles. The SMILES string of the molecule is CCn1cc(CC(=O)NCCn2ccnc2C)c2ccccc21.